The van der Waals surface area contributed by atoms with Gasteiger partial charge in [0.05, 0.1) is 11.1 Å². The molecule has 1 aliphatic rings. The summed E-state index contributed by atoms with van der Waals surface area (Å²) in [7, 11) is 0. The Morgan fingerprint density at radius 1 is 1.14 bits per heavy atom. The Morgan fingerprint density at radius 3 is 2.61 bits per heavy atom. The number of amides is 2. The molecule has 3 rings (SSSR count). The third-order valence-electron chi connectivity index (χ3n) is 4.75. The first-order valence-corrected chi connectivity index (χ1v) is 9.22. The second-order valence-corrected chi connectivity index (χ2v) is 6.74. The largest absolute Gasteiger partial charge is 0.417 e. The zero-order chi connectivity index (χ0) is 20.3. The first-order chi connectivity index (χ1) is 13.3. The summed E-state index contributed by atoms with van der Waals surface area (Å²) >= 11 is 0. The molecule has 2 aromatic carbocycles. The summed E-state index contributed by atoms with van der Waals surface area (Å²) in [6.07, 6.45) is -1.83. The highest BCUT2D eigenvalue weighted by atomic mass is 19.4. The fraction of sp³-hybridized carbons (Fsp3) is 0.333. The van der Waals surface area contributed by atoms with Gasteiger partial charge in [-0.15, -0.1) is 0 Å². The number of anilines is 2. The van der Waals surface area contributed by atoms with Gasteiger partial charge in [0.25, 0.3) is 5.91 Å². The Kier molecular flexibility index (Phi) is 5.72. The number of unbranched alkanes of at least 4 members (excludes halogenated alkanes) is 1. The summed E-state index contributed by atoms with van der Waals surface area (Å²) in [6.45, 7) is 2.68. The topological polar surface area (TPSA) is 49.4 Å². The lowest BCUT2D eigenvalue weighted by Crippen LogP contribution is -2.35. The van der Waals surface area contributed by atoms with Crippen LogP contribution in [0, 0.1) is 0 Å². The number of hydrogen-bond donors (Lipinski definition) is 1. The molecule has 0 unspecified atom stereocenters. The molecule has 28 heavy (non-hydrogen) atoms. The van der Waals surface area contributed by atoms with Crippen molar-refractivity contribution in [3.8, 4) is 0 Å². The van der Waals surface area contributed by atoms with Crippen molar-refractivity contribution >= 4 is 23.2 Å². The summed E-state index contributed by atoms with van der Waals surface area (Å²) in [6, 6.07) is 9.78. The fourth-order valence-electron chi connectivity index (χ4n) is 3.33. The van der Waals surface area contributed by atoms with E-state index in [2.05, 4.69) is 5.32 Å². The molecule has 148 valence electrons. The third-order valence-corrected chi connectivity index (χ3v) is 4.75. The Bertz CT molecular complexity index is 893. The first-order valence-electron chi connectivity index (χ1n) is 9.22. The van der Waals surface area contributed by atoms with Gasteiger partial charge in [0.15, 0.2) is 0 Å². The van der Waals surface area contributed by atoms with Gasteiger partial charge in [-0.3, -0.25) is 9.59 Å². The summed E-state index contributed by atoms with van der Waals surface area (Å²) in [5.41, 5.74) is 0.718. The highest BCUT2D eigenvalue weighted by Crippen LogP contribution is 2.33. The van der Waals surface area contributed by atoms with Crippen molar-refractivity contribution in [1.82, 2.24) is 0 Å². The van der Waals surface area contributed by atoms with Crippen LogP contribution in [-0.4, -0.2) is 18.4 Å². The normalized spacial score (nSPS) is 14.0. The molecule has 0 spiro atoms. The van der Waals surface area contributed by atoms with Crippen molar-refractivity contribution in [3.63, 3.8) is 0 Å². The van der Waals surface area contributed by atoms with E-state index in [4.69, 9.17) is 0 Å². The van der Waals surface area contributed by atoms with Crippen molar-refractivity contribution in [2.45, 2.75) is 38.8 Å². The highest BCUT2D eigenvalue weighted by molar-refractivity contribution is 6.06. The lowest BCUT2D eigenvalue weighted by Gasteiger charge is -2.29. The number of carbonyl (C=O) groups is 2. The van der Waals surface area contributed by atoms with Crippen LogP contribution in [0.4, 0.5) is 24.5 Å². The van der Waals surface area contributed by atoms with Gasteiger partial charge in [0.2, 0.25) is 5.91 Å². The highest BCUT2D eigenvalue weighted by Gasteiger charge is 2.35. The lowest BCUT2D eigenvalue weighted by atomic mass is 9.99. The van der Waals surface area contributed by atoms with Crippen LogP contribution in [0.25, 0.3) is 0 Å². The van der Waals surface area contributed by atoms with Crippen LogP contribution in [0.3, 0.4) is 0 Å². The standard InChI is InChI=1S/C21H21F3N2O2/c1-2-3-12-26-18-10-9-15(13-14(18)8-11-19(26)27)25-20(28)16-6-4-5-7-17(16)21(22,23)24/h4-7,9-10,13H,2-3,8,11-12H2,1H3,(H,25,28). The number of benzene rings is 2. The molecule has 0 aliphatic carbocycles. The van der Waals surface area contributed by atoms with Gasteiger partial charge < -0.3 is 10.2 Å². The Balaban J connectivity index is 1.84. The Hall–Kier alpha value is -2.83. The van der Waals surface area contributed by atoms with Crippen LogP contribution >= 0.6 is 0 Å². The Morgan fingerprint density at radius 2 is 1.89 bits per heavy atom. The summed E-state index contributed by atoms with van der Waals surface area (Å²) in [4.78, 5) is 26.4. The third kappa shape index (κ3) is 4.18. The average Bonchev–Trinajstić information content (AvgIpc) is 2.66. The van der Waals surface area contributed by atoms with Crippen molar-refractivity contribution < 1.29 is 22.8 Å². The smallest absolute Gasteiger partial charge is 0.322 e. The zero-order valence-corrected chi connectivity index (χ0v) is 15.5. The molecule has 0 bridgehead atoms. The van der Waals surface area contributed by atoms with Gasteiger partial charge in [-0.2, -0.15) is 13.2 Å². The molecule has 0 aromatic heterocycles. The number of fused-ring (bicyclic) bond motifs is 1. The molecule has 0 atom stereocenters. The maximum absolute atomic E-state index is 13.1. The van der Waals surface area contributed by atoms with E-state index in [0.717, 1.165) is 36.2 Å². The minimum Gasteiger partial charge on any atom is -0.322 e. The molecule has 1 aliphatic heterocycles. The van der Waals surface area contributed by atoms with Gasteiger partial charge in [0.1, 0.15) is 0 Å². The van der Waals surface area contributed by atoms with Gasteiger partial charge in [-0.05, 0) is 48.7 Å². The number of nitrogens with one attached hydrogen (secondary N) is 1. The van der Waals surface area contributed by atoms with Crippen LogP contribution in [0.2, 0.25) is 0 Å². The quantitative estimate of drug-likeness (QED) is 0.778. The number of rotatable bonds is 5. The molecule has 1 N–H and O–H groups in total. The van der Waals surface area contributed by atoms with Crippen molar-refractivity contribution in [3.05, 3.63) is 59.2 Å². The minimum absolute atomic E-state index is 0.0665. The lowest BCUT2D eigenvalue weighted by molar-refractivity contribution is -0.137. The molecule has 4 nitrogen and oxygen atoms in total. The number of alkyl halides is 3. The Labute approximate surface area is 161 Å². The molecule has 7 heteroatoms. The fourth-order valence-corrected chi connectivity index (χ4v) is 3.33. The predicted octanol–water partition coefficient (Wildman–Crippen LogP) is 5.04. The second kappa shape index (κ2) is 8.04. The van der Waals surface area contributed by atoms with Crippen LogP contribution in [0.15, 0.2) is 42.5 Å². The van der Waals surface area contributed by atoms with E-state index in [9.17, 15) is 22.8 Å². The van der Waals surface area contributed by atoms with Crippen LogP contribution in [0.1, 0.15) is 47.7 Å². The van der Waals surface area contributed by atoms with Crippen LogP contribution in [0.5, 0.6) is 0 Å². The van der Waals surface area contributed by atoms with E-state index in [1.165, 1.54) is 12.1 Å². The first kappa shape index (κ1) is 19.9. The number of aryl methyl sites for hydroxylation is 1. The predicted molar refractivity (Wildman–Crippen MR) is 101 cm³/mol. The number of carbonyl (C=O) groups excluding carboxylic acids is 2. The van der Waals surface area contributed by atoms with Gasteiger partial charge in [-0.25, -0.2) is 0 Å². The minimum atomic E-state index is -4.61. The van der Waals surface area contributed by atoms with E-state index in [1.54, 1.807) is 23.1 Å². The number of hydrogen-bond acceptors (Lipinski definition) is 2. The monoisotopic (exact) mass is 390 g/mol. The molecule has 0 radical (unpaired) electrons. The van der Waals surface area contributed by atoms with E-state index < -0.39 is 23.2 Å². The molecule has 0 fully saturated rings. The molecule has 1 heterocycles. The van der Waals surface area contributed by atoms with Gasteiger partial charge >= 0.3 is 6.18 Å². The SMILES string of the molecule is CCCCN1C(=O)CCc2cc(NC(=O)c3ccccc3C(F)(F)F)ccc21. The van der Waals surface area contributed by atoms with Crippen molar-refractivity contribution in [2.24, 2.45) is 0 Å². The van der Waals surface area contributed by atoms with E-state index in [-0.39, 0.29) is 5.91 Å². The second-order valence-electron chi connectivity index (χ2n) is 6.74. The van der Waals surface area contributed by atoms with Crippen LogP contribution < -0.4 is 10.2 Å². The van der Waals surface area contributed by atoms with Gasteiger partial charge in [-0.1, -0.05) is 25.5 Å². The zero-order valence-electron chi connectivity index (χ0n) is 15.5. The molecule has 0 saturated heterocycles. The maximum atomic E-state index is 13.1. The van der Waals surface area contributed by atoms with E-state index in [1.807, 2.05) is 6.92 Å². The van der Waals surface area contributed by atoms with E-state index in [0.29, 0.717) is 25.1 Å². The van der Waals surface area contributed by atoms with Crippen LogP contribution in [-0.2, 0) is 17.4 Å². The number of nitrogens with zero attached hydrogens (tertiary/aromatic N) is 1. The molecule has 2 amide bonds. The number of halogens is 3. The summed E-state index contributed by atoms with van der Waals surface area (Å²) in [5, 5.41) is 2.55. The van der Waals surface area contributed by atoms with Gasteiger partial charge in [0, 0.05) is 24.3 Å². The average molecular weight is 390 g/mol. The van der Waals surface area contributed by atoms with Crippen molar-refractivity contribution in [2.75, 3.05) is 16.8 Å². The maximum Gasteiger partial charge on any atom is 0.417 e. The molecule has 0 saturated carbocycles. The summed E-state index contributed by atoms with van der Waals surface area (Å²) < 4.78 is 39.4. The summed E-state index contributed by atoms with van der Waals surface area (Å²) in [5.74, 6) is -0.751. The molecular weight excluding hydrogens is 369 g/mol. The molecule has 2 aromatic rings. The molecular formula is C21H21F3N2O2. The van der Waals surface area contributed by atoms with E-state index >= 15 is 0 Å². The van der Waals surface area contributed by atoms with Crippen molar-refractivity contribution in [1.29, 1.82) is 0 Å².